The van der Waals surface area contributed by atoms with E-state index in [-0.39, 0.29) is 23.4 Å². The van der Waals surface area contributed by atoms with Crippen LogP contribution < -0.4 is 5.73 Å². The third-order valence-corrected chi connectivity index (χ3v) is 4.77. The number of nitrogens with two attached hydrogens (primary N) is 1. The topological polar surface area (TPSA) is 153 Å². The number of aromatic hydroxyl groups is 1. The molecule has 4 aromatic rings. The summed E-state index contributed by atoms with van der Waals surface area (Å²) in [6.45, 7) is 3.55. The van der Waals surface area contributed by atoms with Gasteiger partial charge in [-0.15, -0.1) is 0 Å². The van der Waals surface area contributed by atoms with E-state index in [9.17, 15) is 9.90 Å². The second-order valence-electron chi connectivity index (χ2n) is 6.91. The SMILES string of the molecule is Cc1cc2c(C(N)=O)nn(-c3nc(-c4c(O)c(C)nn4C4CC4)n[nH]3)c2cn1. The van der Waals surface area contributed by atoms with Crippen molar-refractivity contribution in [2.24, 2.45) is 5.73 Å². The van der Waals surface area contributed by atoms with Crippen LogP contribution in [0.15, 0.2) is 12.3 Å². The van der Waals surface area contributed by atoms with Crippen LogP contribution in [0.4, 0.5) is 0 Å². The van der Waals surface area contributed by atoms with Crippen LogP contribution >= 0.6 is 0 Å². The monoisotopic (exact) mass is 379 g/mol. The Balaban J connectivity index is 1.66. The summed E-state index contributed by atoms with van der Waals surface area (Å²) in [6, 6.07) is 1.99. The number of aromatic nitrogens is 8. The predicted octanol–water partition coefficient (Wildman–Crippen LogP) is 1.16. The van der Waals surface area contributed by atoms with Crippen LogP contribution in [0.25, 0.3) is 28.4 Å². The van der Waals surface area contributed by atoms with Gasteiger partial charge in [-0.3, -0.25) is 14.5 Å². The van der Waals surface area contributed by atoms with E-state index in [4.69, 9.17) is 5.73 Å². The van der Waals surface area contributed by atoms with Crippen LogP contribution in [0, 0.1) is 13.8 Å². The first-order valence-corrected chi connectivity index (χ1v) is 8.80. The van der Waals surface area contributed by atoms with E-state index < -0.39 is 5.91 Å². The lowest BCUT2D eigenvalue weighted by Gasteiger charge is -2.01. The average molecular weight is 379 g/mol. The van der Waals surface area contributed by atoms with Gasteiger partial charge in [0.25, 0.3) is 5.91 Å². The van der Waals surface area contributed by atoms with E-state index in [0.717, 1.165) is 18.5 Å². The summed E-state index contributed by atoms with van der Waals surface area (Å²) < 4.78 is 3.19. The molecule has 1 saturated carbocycles. The van der Waals surface area contributed by atoms with Crippen molar-refractivity contribution in [2.45, 2.75) is 32.7 Å². The minimum atomic E-state index is -0.644. The third-order valence-electron chi connectivity index (χ3n) is 4.77. The van der Waals surface area contributed by atoms with Crippen molar-refractivity contribution in [1.29, 1.82) is 0 Å². The highest BCUT2D eigenvalue weighted by Crippen LogP contribution is 2.41. The van der Waals surface area contributed by atoms with Crippen LogP contribution in [-0.4, -0.2) is 50.7 Å². The Kier molecular flexibility index (Phi) is 3.29. The molecule has 0 unspecified atom stereocenters. The normalized spacial score (nSPS) is 14.1. The van der Waals surface area contributed by atoms with Gasteiger partial charge in [-0.1, -0.05) is 0 Å². The number of aromatic amines is 1. The molecule has 1 fully saturated rings. The summed E-state index contributed by atoms with van der Waals surface area (Å²) in [5.41, 5.74) is 7.89. The summed E-state index contributed by atoms with van der Waals surface area (Å²) in [7, 11) is 0. The second kappa shape index (κ2) is 5.62. The van der Waals surface area contributed by atoms with E-state index >= 15 is 0 Å². The largest absolute Gasteiger partial charge is 0.504 e. The highest BCUT2D eigenvalue weighted by atomic mass is 16.3. The summed E-state index contributed by atoms with van der Waals surface area (Å²) >= 11 is 0. The Morgan fingerprint density at radius 3 is 2.82 bits per heavy atom. The summed E-state index contributed by atoms with van der Waals surface area (Å²) in [4.78, 5) is 20.5. The van der Waals surface area contributed by atoms with Crippen molar-refractivity contribution < 1.29 is 9.90 Å². The fraction of sp³-hybridized carbons (Fsp3) is 0.294. The minimum absolute atomic E-state index is 0.0536. The molecule has 11 heteroatoms. The molecule has 0 bridgehead atoms. The van der Waals surface area contributed by atoms with Crippen molar-refractivity contribution in [2.75, 3.05) is 0 Å². The second-order valence-corrected chi connectivity index (χ2v) is 6.91. The van der Waals surface area contributed by atoms with Gasteiger partial charge in [-0.2, -0.15) is 25.0 Å². The first-order chi connectivity index (χ1) is 13.4. The fourth-order valence-electron chi connectivity index (χ4n) is 3.25. The van der Waals surface area contributed by atoms with E-state index in [1.54, 1.807) is 23.9 Å². The molecule has 28 heavy (non-hydrogen) atoms. The molecule has 0 radical (unpaired) electrons. The number of carbonyl (C=O) groups is 1. The lowest BCUT2D eigenvalue weighted by atomic mass is 10.2. The maximum Gasteiger partial charge on any atom is 0.269 e. The van der Waals surface area contributed by atoms with E-state index in [0.29, 0.717) is 28.1 Å². The molecule has 4 N–H and O–H groups in total. The number of carbonyl (C=O) groups excluding carboxylic acids is 1. The summed E-state index contributed by atoms with van der Waals surface area (Å²) in [6.07, 6.45) is 3.60. The molecule has 11 nitrogen and oxygen atoms in total. The van der Waals surface area contributed by atoms with Crippen molar-refractivity contribution >= 4 is 16.8 Å². The first-order valence-electron chi connectivity index (χ1n) is 8.80. The van der Waals surface area contributed by atoms with Crippen molar-refractivity contribution in [3.63, 3.8) is 0 Å². The number of pyridine rings is 1. The van der Waals surface area contributed by atoms with Gasteiger partial charge in [0.15, 0.2) is 11.4 Å². The minimum Gasteiger partial charge on any atom is -0.504 e. The molecule has 0 aromatic carbocycles. The smallest absolute Gasteiger partial charge is 0.269 e. The number of H-pyrrole nitrogens is 1. The number of amides is 1. The zero-order valence-corrected chi connectivity index (χ0v) is 15.2. The number of hydrogen-bond donors (Lipinski definition) is 3. The van der Waals surface area contributed by atoms with Gasteiger partial charge in [0.05, 0.1) is 17.8 Å². The van der Waals surface area contributed by atoms with Gasteiger partial charge in [-0.05, 0) is 32.8 Å². The number of hydrogen-bond acceptors (Lipinski definition) is 7. The highest BCUT2D eigenvalue weighted by Gasteiger charge is 2.32. The molecule has 1 aliphatic carbocycles. The zero-order chi connectivity index (χ0) is 19.6. The van der Waals surface area contributed by atoms with Gasteiger partial charge in [-0.25, -0.2) is 5.10 Å². The Bertz CT molecular complexity index is 1250. The molecule has 142 valence electrons. The number of nitrogens with zero attached hydrogens (tertiary/aromatic N) is 7. The van der Waals surface area contributed by atoms with Crippen molar-refractivity contribution in [1.82, 2.24) is 39.7 Å². The third kappa shape index (κ3) is 2.36. The lowest BCUT2D eigenvalue weighted by Crippen LogP contribution is -2.12. The molecule has 1 aliphatic rings. The molecule has 4 heterocycles. The quantitative estimate of drug-likeness (QED) is 0.481. The lowest BCUT2D eigenvalue weighted by molar-refractivity contribution is 0.0996. The maximum atomic E-state index is 11.8. The molecule has 4 aromatic heterocycles. The Labute approximate surface area is 158 Å². The first kappa shape index (κ1) is 16.4. The Morgan fingerprint density at radius 2 is 2.11 bits per heavy atom. The molecular formula is C17H17N9O2. The van der Waals surface area contributed by atoms with Crippen LogP contribution in [0.1, 0.15) is 40.8 Å². The van der Waals surface area contributed by atoms with Crippen LogP contribution in [0.3, 0.4) is 0 Å². The number of primary amides is 1. The summed E-state index contributed by atoms with van der Waals surface area (Å²) in [5, 5.41) is 26.7. The van der Waals surface area contributed by atoms with Crippen LogP contribution in [-0.2, 0) is 0 Å². The zero-order valence-electron chi connectivity index (χ0n) is 15.2. The average Bonchev–Trinajstić information content (AvgIpc) is 3.15. The fourth-order valence-corrected chi connectivity index (χ4v) is 3.25. The van der Waals surface area contributed by atoms with E-state index in [2.05, 4.69) is 30.4 Å². The maximum absolute atomic E-state index is 11.8. The van der Waals surface area contributed by atoms with Crippen molar-refractivity contribution in [3.05, 3.63) is 29.3 Å². The Morgan fingerprint density at radius 1 is 1.32 bits per heavy atom. The van der Waals surface area contributed by atoms with E-state index in [1.807, 2.05) is 6.92 Å². The molecule has 0 saturated heterocycles. The van der Waals surface area contributed by atoms with Gasteiger partial charge in [0.2, 0.25) is 11.8 Å². The van der Waals surface area contributed by atoms with Crippen molar-refractivity contribution in [3.8, 4) is 23.2 Å². The molecule has 0 aliphatic heterocycles. The standard InChI is InChI=1S/C17H17N9O2/c1-7-5-10-11(6-19-7)26(24-12(10)15(18)28)17-20-16(21-22-17)13-14(27)8(2)23-25(13)9-3-4-9/h5-6,9,27H,3-4H2,1-2H3,(H2,18,28)(H,20,21,22). The summed E-state index contributed by atoms with van der Waals surface area (Å²) in [5.74, 6) is -0.0184. The van der Waals surface area contributed by atoms with Gasteiger partial charge < -0.3 is 10.8 Å². The molecular weight excluding hydrogens is 362 g/mol. The van der Waals surface area contributed by atoms with Crippen LogP contribution in [0.5, 0.6) is 5.75 Å². The molecule has 0 atom stereocenters. The van der Waals surface area contributed by atoms with Crippen LogP contribution in [0.2, 0.25) is 0 Å². The number of aryl methyl sites for hydroxylation is 2. The molecule has 1 amide bonds. The number of nitrogens with one attached hydrogen (secondary N) is 1. The molecule has 0 spiro atoms. The highest BCUT2D eigenvalue weighted by molar-refractivity contribution is 6.04. The predicted molar refractivity (Wildman–Crippen MR) is 98.0 cm³/mol. The van der Waals surface area contributed by atoms with E-state index in [1.165, 1.54) is 4.68 Å². The number of rotatable bonds is 4. The molecule has 5 rings (SSSR count). The Hall–Kier alpha value is -3.76. The van der Waals surface area contributed by atoms with Gasteiger partial charge >= 0.3 is 0 Å². The number of fused-ring (bicyclic) bond motifs is 1. The van der Waals surface area contributed by atoms with Gasteiger partial charge in [0, 0.05) is 11.1 Å². The van der Waals surface area contributed by atoms with Gasteiger partial charge in [0.1, 0.15) is 11.4 Å².